The number of esters is 3. The van der Waals surface area contributed by atoms with E-state index in [1.165, 1.54) is 14.0 Å². The Bertz CT molecular complexity index is 955. The van der Waals surface area contributed by atoms with Gasteiger partial charge in [0.2, 0.25) is 5.76 Å². The molecule has 1 N–H and O–H groups in total. The van der Waals surface area contributed by atoms with E-state index >= 15 is 0 Å². The topological polar surface area (TPSA) is 108 Å². The summed E-state index contributed by atoms with van der Waals surface area (Å²) in [6.45, 7) is 10.7. The Hall–Kier alpha value is -2.61. The van der Waals surface area contributed by atoms with Crippen molar-refractivity contribution in [3.8, 4) is 0 Å². The van der Waals surface area contributed by atoms with Crippen molar-refractivity contribution in [3.63, 3.8) is 0 Å². The SMILES string of the molecule is COC1=C(C(C)C)[C@H]2C/C=C(/C)C(OC(C)=O)[C@@]3(O)CC(=O)O/C3=C(/C)CC[C@]2(C)OC1=O. The minimum Gasteiger partial charge on any atom is -0.490 e. The van der Waals surface area contributed by atoms with Gasteiger partial charge in [-0.1, -0.05) is 19.9 Å². The largest absolute Gasteiger partial charge is 0.490 e. The number of carbonyl (C=O) groups excluding carboxylic acids is 3. The molecule has 4 atom stereocenters. The van der Waals surface area contributed by atoms with Crippen LogP contribution in [0.5, 0.6) is 0 Å². The van der Waals surface area contributed by atoms with Gasteiger partial charge < -0.3 is 24.1 Å². The third-order valence-electron chi connectivity index (χ3n) is 6.93. The van der Waals surface area contributed by atoms with Gasteiger partial charge in [-0.05, 0) is 62.7 Å². The van der Waals surface area contributed by atoms with E-state index in [2.05, 4.69) is 0 Å². The van der Waals surface area contributed by atoms with Crippen LogP contribution < -0.4 is 0 Å². The predicted molar refractivity (Wildman–Crippen MR) is 118 cm³/mol. The fourth-order valence-corrected chi connectivity index (χ4v) is 5.30. The molecule has 0 amide bonds. The van der Waals surface area contributed by atoms with E-state index in [0.717, 1.165) is 5.57 Å². The highest BCUT2D eigenvalue weighted by Crippen LogP contribution is 2.47. The average molecular weight is 463 g/mol. The smallest absolute Gasteiger partial charge is 0.374 e. The van der Waals surface area contributed by atoms with Gasteiger partial charge in [-0.3, -0.25) is 9.59 Å². The Morgan fingerprint density at radius 1 is 1.27 bits per heavy atom. The van der Waals surface area contributed by atoms with Crippen molar-refractivity contribution in [2.75, 3.05) is 7.11 Å². The van der Waals surface area contributed by atoms with Gasteiger partial charge in [0.1, 0.15) is 11.4 Å². The van der Waals surface area contributed by atoms with E-state index in [1.54, 1.807) is 13.8 Å². The number of carbonyl (C=O) groups is 3. The third kappa shape index (κ3) is 4.45. The van der Waals surface area contributed by atoms with Gasteiger partial charge in [0.25, 0.3) is 0 Å². The van der Waals surface area contributed by atoms with Gasteiger partial charge in [-0.25, -0.2) is 4.79 Å². The molecule has 8 heteroatoms. The number of rotatable bonds is 3. The first kappa shape index (κ1) is 25.0. The lowest BCUT2D eigenvalue weighted by Gasteiger charge is -2.43. The maximum atomic E-state index is 12.8. The number of hydrogen-bond acceptors (Lipinski definition) is 8. The van der Waals surface area contributed by atoms with Gasteiger partial charge in [-0.15, -0.1) is 0 Å². The van der Waals surface area contributed by atoms with Crippen LogP contribution in [0.25, 0.3) is 0 Å². The molecule has 3 rings (SSSR count). The maximum absolute atomic E-state index is 12.8. The number of hydrogen-bond donors (Lipinski definition) is 1. The second-order valence-corrected chi connectivity index (χ2v) is 9.76. The molecular weight excluding hydrogens is 428 g/mol. The van der Waals surface area contributed by atoms with Gasteiger partial charge in [0, 0.05) is 12.8 Å². The molecule has 182 valence electrons. The van der Waals surface area contributed by atoms with Crippen LogP contribution in [0.3, 0.4) is 0 Å². The van der Waals surface area contributed by atoms with Crippen molar-refractivity contribution in [1.82, 2.24) is 0 Å². The van der Waals surface area contributed by atoms with Crippen LogP contribution in [0.15, 0.2) is 34.3 Å². The van der Waals surface area contributed by atoms with E-state index in [-0.39, 0.29) is 29.8 Å². The zero-order chi connectivity index (χ0) is 24.7. The molecule has 0 bridgehead atoms. The fourth-order valence-electron chi connectivity index (χ4n) is 5.30. The number of fused-ring (bicyclic) bond motifs is 2. The molecule has 0 spiro atoms. The Morgan fingerprint density at radius 2 is 1.94 bits per heavy atom. The van der Waals surface area contributed by atoms with Gasteiger partial charge in [0.15, 0.2) is 11.7 Å². The van der Waals surface area contributed by atoms with Gasteiger partial charge in [-0.2, -0.15) is 0 Å². The molecule has 1 fully saturated rings. The summed E-state index contributed by atoms with van der Waals surface area (Å²) in [5, 5.41) is 11.6. The summed E-state index contributed by atoms with van der Waals surface area (Å²) in [7, 11) is 1.46. The Kier molecular flexibility index (Phi) is 6.80. The van der Waals surface area contributed by atoms with E-state index < -0.39 is 35.2 Å². The van der Waals surface area contributed by atoms with E-state index in [1.807, 2.05) is 26.8 Å². The molecule has 0 saturated carbocycles. The Labute approximate surface area is 194 Å². The van der Waals surface area contributed by atoms with Gasteiger partial charge in [0.05, 0.1) is 13.5 Å². The first-order chi connectivity index (χ1) is 15.3. The second-order valence-electron chi connectivity index (χ2n) is 9.76. The van der Waals surface area contributed by atoms with Crippen LogP contribution in [0.2, 0.25) is 0 Å². The first-order valence-electron chi connectivity index (χ1n) is 11.3. The van der Waals surface area contributed by atoms with Crippen molar-refractivity contribution in [2.45, 2.75) is 84.5 Å². The summed E-state index contributed by atoms with van der Waals surface area (Å²) in [6.07, 6.45) is 1.80. The molecular formula is C25H34O8. The van der Waals surface area contributed by atoms with Crippen LogP contribution >= 0.6 is 0 Å². The summed E-state index contributed by atoms with van der Waals surface area (Å²) >= 11 is 0. The quantitative estimate of drug-likeness (QED) is 0.386. The van der Waals surface area contributed by atoms with Crippen LogP contribution in [-0.4, -0.2) is 47.4 Å². The molecule has 1 unspecified atom stereocenters. The van der Waals surface area contributed by atoms with Crippen LogP contribution in [-0.2, 0) is 33.3 Å². The van der Waals surface area contributed by atoms with Crippen LogP contribution in [0.4, 0.5) is 0 Å². The maximum Gasteiger partial charge on any atom is 0.374 e. The number of ether oxygens (including phenoxy) is 4. The second kappa shape index (κ2) is 8.97. The normalized spacial score (nSPS) is 36.7. The molecule has 8 nitrogen and oxygen atoms in total. The molecule has 1 aliphatic carbocycles. The molecule has 2 aliphatic heterocycles. The first-order valence-corrected chi connectivity index (χ1v) is 11.3. The lowest BCUT2D eigenvalue weighted by molar-refractivity contribution is -0.167. The van der Waals surface area contributed by atoms with Gasteiger partial charge >= 0.3 is 17.9 Å². The highest BCUT2D eigenvalue weighted by Gasteiger charge is 2.54. The highest BCUT2D eigenvalue weighted by molar-refractivity contribution is 5.89. The fraction of sp³-hybridized carbons (Fsp3) is 0.640. The average Bonchev–Trinajstić information content (AvgIpc) is 3.02. The summed E-state index contributed by atoms with van der Waals surface area (Å²) in [5.41, 5.74) is -0.550. The zero-order valence-corrected chi connectivity index (χ0v) is 20.4. The minimum absolute atomic E-state index is 0.0317. The molecule has 0 radical (unpaired) electrons. The monoisotopic (exact) mass is 462 g/mol. The molecule has 1 saturated heterocycles. The number of methoxy groups -OCH3 is 1. The highest BCUT2D eigenvalue weighted by atomic mass is 16.6. The van der Waals surface area contributed by atoms with Crippen LogP contribution in [0, 0.1) is 11.8 Å². The zero-order valence-electron chi connectivity index (χ0n) is 20.4. The lowest BCUT2D eigenvalue weighted by Crippen LogP contribution is -2.46. The third-order valence-corrected chi connectivity index (χ3v) is 6.93. The molecule has 0 aromatic rings. The van der Waals surface area contributed by atoms with E-state index in [4.69, 9.17) is 18.9 Å². The van der Waals surface area contributed by atoms with E-state index in [9.17, 15) is 19.5 Å². The number of aliphatic hydroxyl groups is 1. The summed E-state index contributed by atoms with van der Waals surface area (Å²) in [6, 6.07) is 0. The van der Waals surface area contributed by atoms with Crippen molar-refractivity contribution in [3.05, 3.63) is 34.3 Å². The molecule has 0 aromatic carbocycles. The molecule has 3 aliphatic rings. The summed E-state index contributed by atoms with van der Waals surface area (Å²) in [4.78, 5) is 37.0. The van der Waals surface area contributed by atoms with E-state index in [0.29, 0.717) is 30.4 Å². The molecule has 33 heavy (non-hydrogen) atoms. The molecule has 0 aromatic heterocycles. The Morgan fingerprint density at radius 3 is 2.52 bits per heavy atom. The minimum atomic E-state index is -1.80. The van der Waals surface area contributed by atoms with Crippen molar-refractivity contribution in [1.29, 1.82) is 0 Å². The summed E-state index contributed by atoms with van der Waals surface area (Å²) < 4.78 is 22.4. The molecule has 2 heterocycles. The van der Waals surface area contributed by atoms with Crippen LogP contribution in [0.1, 0.15) is 67.2 Å². The standard InChI is InChI=1S/C25H34O8/c1-13(2)19-17-9-8-14(3)21(31-16(5)26)25(29)12-18(27)32-22(25)15(4)10-11-24(17,6)33-23(28)20(19)30-7/h8,13,17,21,29H,9-12H2,1-7H3/b14-8-,22-15-/t17-,21?,24+,25+/m1/s1. The summed E-state index contributed by atoms with van der Waals surface area (Å²) in [5.74, 6) is -1.49. The van der Waals surface area contributed by atoms with Crippen molar-refractivity contribution in [2.24, 2.45) is 11.8 Å². The lowest BCUT2D eigenvalue weighted by atomic mass is 9.72. The Balaban J connectivity index is 2.20. The number of allylic oxidation sites excluding steroid dienone is 2. The van der Waals surface area contributed by atoms with Crippen molar-refractivity contribution < 1.29 is 38.4 Å². The van der Waals surface area contributed by atoms with Crippen molar-refractivity contribution >= 4 is 17.9 Å². The predicted octanol–water partition coefficient (Wildman–Crippen LogP) is 3.49.